The quantitative estimate of drug-likeness (QED) is 0.414. The topological polar surface area (TPSA) is 51.6 Å². The van der Waals surface area contributed by atoms with Crippen LogP contribution >= 0.6 is 0 Å². The van der Waals surface area contributed by atoms with Crippen molar-refractivity contribution in [3.8, 4) is 0 Å². The molecule has 0 saturated heterocycles. The molecule has 3 aromatic carbocycles. The van der Waals surface area contributed by atoms with E-state index in [0.29, 0.717) is 0 Å². The van der Waals surface area contributed by atoms with Crippen molar-refractivity contribution in [2.45, 2.75) is 26.7 Å². The molecule has 0 unspecified atom stereocenters. The van der Waals surface area contributed by atoms with Gasteiger partial charge in [-0.05, 0) is 37.1 Å². The number of fused-ring (bicyclic) bond motifs is 2. The first kappa shape index (κ1) is 18.4. The lowest BCUT2D eigenvalue weighted by Crippen LogP contribution is -2.01. The van der Waals surface area contributed by atoms with E-state index in [1.807, 2.05) is 50.2 Å². The van der Waals surface area contributed by atoms with Crippen LogP contribution in [0.5, 0.6) is 0 Å². The zero-order valence-corrected chi connectivity index (χ0v) is 17.1. The third-order valence-corrected chi connectivity index (χ3v) is 5.32. The summed E-state index contributed by atoms with van der Waals surface area (Å²) in [5, 5.41) is 2.23. The molecule has 0 radical (unpaired) electrons. The van der Waals surface area contributed by atoms with E-state index in [2.05, 4.69) is 46.4 Å². The molecule has 0 N–H and O–H groups in total. The highest BCUT2D eigenvalue weighted by Crippen LogP contribution is 2.22. The minimum atomic E-state index is 0.779. The highest BCUT2D eigenvalue weighted by Gasteiger charge is 2.09. The van der Waals surface area contributed by atoms with E-state index in [1.54, 1.807) is 0 Å². The Balaban J connectivity index is 1.49. The summed E-state index contributed by atoms with van der Waals surface area (Å²) in [5.41, 5.74) is 6.62. The molecule has 30 heavy (non-hydrogen) atoms. The van der Waals surface area contributed by atoms with Crippen LogP contribution < -0.4 is 0 Å². The van der Waals surface area contributed by atoms with Gasteiger partial charge in [-0.15, -0.1) is 0 Å². The lowest BCUT2D eigenvalue weighted by Gasteiger charge is -2.10. The van der Waals surface area contributed by atoms with Gasteiger partial charge >= 0.3 is 0 Å². The maximum atomic E-state index is 4.73. The number of para-hydroxylation sites is 2. The van der Waals surface area contributed by atoms with Crippen LogP contribution in [0.1, 0.15) is 34.2 Å². The molecule has 4 heteroatoms. The molecular formula is C26H22N4. The monoisotopic (exact) mass is 390 g/mol. The second kappa shape index (κ2) is 7.64. The maximum absolute atomic E-state index is 4.73. The standard InChI is InChI=1S/C26H22N4/c1-17-27-23-12-5-3-10-21(23)25(29-17)15-19-8-7-9-20(14-19)16-26-22-11-4-6-13-24(22)28-18(2)30-26/h3-14H,15-16H2,1-2H3. The van der Waals surface area contributed by atoms with Gasteiger partial charge in [0.15, 0.2) is 0 Å². The van der Waals surface area contributed by atoms with Crippen molar-refractivity contribution in [1.29, 1.82) is 0 Å². The van der Waals surface area contributed by atoms with Crippen LogP contribution in [0.15, 0.2) is 72.8 Å². The summed E-state index contributed by atoms with van der Waals surface area (Å²) in [7, 11) is 0. The summed E-state index contributed by atoms with van der Waals surface area (Å²) < 4.78 is 0. The van der Waals surface area contributed by atoms with Crippen LogP contribution in [0.3, 0.4) is 0 Å². The minimum absolute atomic E-state index is 0.779. The number of hydrogen-bond donors (Lipinski definition) is 0. The average Bonchev–Trinajstić information content (AvgIpc) is 2.74. The molecule has 0 aliphatic rings. The van der Waals surface area contributed by atoms with Crippen LogP contribution in [-0.2, 0) is 12.8 Å². The summed E-state index contributed by atoms with van der Waals surface area (Å²) in [6.07, 6.45) is 1.56. The van der Waals surface area contributed by atoms with Crippen LogP contribution in [0, 0.1) is 13.8 Å². The number of aryl methyl sites for hydroxylation is 2. The van der Waals surface area contributed by atoms with Crippen molar-refractivity contribution < 1.29 is 0 Å². The predicted octanol–water partition coefficient (Wildman–Crippen LogP) is 5.37. The molecule has 5 aromatic rings. The van der Waals surface area contributed by atoms with Gasteiger partial charge in [-0.2, -0.15) is 0 Å². The third-order valence-electron chi connectivity index (χ3n) is 5.32. The van der Waals surface area contributed by atoms with Crippen molar-refractivity contribution in [1.82, 2.24) is 19.9 Å². The maximum Gasteiger partial charge on any atom is 0.126 e. The van der Waals surface area contributed by atoms with Crippen LogP contribution in [0.25, 0.3) is 21.8 Å². The first-order chi connectivity index (χ1) is 14.7. The Bertz CT molecular complexity index is 1270. The normalized spacial score (nSPS) is 11.3. The number of aromatic nitrogens is 4. The Morgan fingerprint density at radius 2 is 1.00 bits per heavy atom. The molecule has 0 saturated carbocycles. The van der Waals surface area contributed by atoms with Gasteiger partial charge in [-0.1, -0.05) is 60.7 Å². The fourth-order valence-electron chi connectivity index (χ4n) is 4.05. The second-order valence-corrected chi connectivity index (χ2v) is 7.64. The molecule has 0 atom stereocenters. The van der Waals surface area contributed by atoms with E-state index < -0.39 is 0 Å². The molecule has 0 aliphatic carbocycles. The van der Waals surface area contributed by atoms with Gasteiger partial charge in [-0.3, -0.25) is 0 Å². The number of benzene rings is 3. The Labute approximate surface area is 175 Å². The van der Waals surface area contributed by atoms with E-state index in [4.69, 9.17) is 9.97 Å². The Morgan fingerprint density at radius 3 is 1.50 bits per heavy atom. The average molecular weight is 390 g/mol. The molecule has 0 aliphatic heterocycles. The highest BCUT2D eigenvalue weighted by atomic mass is 14.9. The van der Waals surface area contributed by atoms with E-state index in [1.165, 1.54) is 11.1 Å². The molecule has 5 rings (SSSR count). The van der Waals surface area contributed by atoms with E-state index in [0.717, 1.165) is 57.7 Å². The molecule has 2 aromatic heterocycles. The third kappa shape index (κ3) is 3.64. The van der Waals surface area contributed by atoms with Gasteiger partial charge in [-0.25, -0.2) is 19.9 Å². The lowest BCUT2D eigenvalue weighted by atomic mass is 10.00. The Hall–Kier alpha value is -3.66. The first-order valence-electron chi connectivity index (χ1n) is 10.2. The zero-order chi connectivity index (χ0) is 20.5. The molecule has 4 nitrogen and oxygen atoms in total. The Kier molecular flexibility index (Phi) is 4.68. The number of rotatable bonds is 4. The fraction of sp³-hybridized carbons (Fsp3) is 0.154. The second-order valence-electron chi connectivity index (χ2n) is 7.64. The van der Waals surface area contributed by atoms with Crippen molar-refractivity contribution in [3.05, 3.63) is 107 Å². The zero-order valence-electron chi connectivity index (χ0n) is 17.1. The van der Waals surface area contributed by atoms with Gasteiger partial charge in [0.05, 0.1) is 22.4 Å². The smallest absolute Gasteiger partial charge is 0.126 e. The molecule has 2 heterocycles. The summed E-state index contributed by atoms with van der Waals surface area (Å²) >= 11 is 0. The van der Waals surface area contributed by atoms with Gasteiger partial charge in [0.25, 0.3) is 0 Å². The van der Waals surface area contributed by atoms with Crippen LogP contribution in [0.4, 0.5) is 0 Å². The summed E-state index contributed by atoms with van der Waals surface area (Å²) in [6, 6.07) is 25.1. The largest absolute Gasteiger partial charge is 0.237 e. The van der Waals surface area contributed by atoms with E-state index in [-0.39, 0.29) is 0 Å². The van der Waals surface area contributed by atoms with Gasteiger partial charge in [0.2, 0.25) is 0 Å². The predicted molar refractivity (Wildman–Crippen MR) is 121 cm³/mol. The molecule has 0 fully saturated rings. The summed E-state index contributed by atoms with van der Waals surface area (Å²) in [4.78, 5) is 18.6. The highest BCUT2D eigenvalue weighted by molar-refractivity contribution is 5.82. The van der Waals surface area contributed by atoms with Crippen LogP contribution in [-0.4, -0.2) is 19.9 Å². The first-order valence-corrected chi connectivity index (χ1v) is 10.2. The van der Waals surface area contributed by atoms with Gasteiger partial charge < -0.3 is 0 Å². The summed E-state index contributed by atoms with van der Waals surface area (Å²) in [5.74, 6) is 1.62. The van der Waals surface area contributed by atoms with Crippen molar-refractivity contribution in [2.75, 3.05) is 0 Å². The molecule has 146 valence electrons. The van der Waals surface area contributed by atoms with E-state index >= 15 is 0 Å². The Morgan fingerprint density at radius 1 is 0.533 bits per heavy atom. The minimum Gasteiger partial charge on any atom is -0.237 e. The number of nitrogens with zero attached hydrogens (tertiary/aromatic N) is 4. The lowest BCUT2D eigenvalue weighted by molar-refractivity contribution is 0.988. The van der Waals surface area contributed by atoms with E-state index in [9.17, 15) is 0 Å². The fourth-order valence-corrected chi connectivity index (χ4v) is 4.05. The SMILES string of the molecule is Cc1nc(Cc2cccc(Cc3nc(C)nc4ccccc34)c2)c2ccccc2n1. The van der Waals surface area contributed by atoms with Gasteiger partial charge in [0.1, 0.15) is 11.6 Å². The van der Waals surface area contributed by atoms with Gasteiger partial charge in [0, 0.05) is 23.6 Å². The molecule has 0 amide bonds. The van der Waals surface area contributed by atoms with Crippen molar-refractivity contribution >= 4 is 21.8 Å². The number of hydrogen-bond acceptors (Lipinski definition) is 4. The van der Waals surface area contributed by atoms with Crippen molar-refractivity contribution in [3.63, 3.8) is 0 Å². The van der Waals surface area contributed by atoms with Crippen LogP contribution in [0.2, 0.25) is 0 Å². The molecule has 0 bridgehead atoms. The summed E-state index contributed by atoms with van der Waals surface area (Å²) in [6.45, 7) is 3.91. The molecule has 0 spiro atoms. The molecular weight excluding hydrogens is 368 g/mol. The van der Waals surface area contributed by atoms with Crippen molar-refractivity contribution in [2.24, 2.45) is 0 Å².